The molecule has 1 nitrogen and oxygen atoms in total. The highest BCUT2D eigenvalue weighted by Crippen LogP contribution is 2.16. The van der Waals surface area contributed by atoms with Crippen molar-refractivity contribution in [3.8, 4) is 0 Å². The molecule has 0 spiro atoms. The molecular formula is C14H22O. The van der Waals surface area contributed by atoms with E-state index in [2.05, 4.69) is 39.0 Å². The summed E-state index contributed by atoms with van der Waals surface area (Å²) in [6, 6.07) is 6.39. The maximum absolute atomic E-state index is 9.69. The summed E-state index contributed by atoms with van der Waals surface area (Å²) >= 11 is 0. The number of aryl methyl sites for hydroxylation is 2. The SMILES string of the molecule is CCCC(O)CCc1c(C)cccc1C. The minimum absolute atomic E-state index is 0.131. The van der Waals surface area contributed by atoms with Crippen LogP contribution >= 0.6 is 0 Å². The van der Waals surface area contributed by atoms with Crippen LogP contribution < -0.4 is 0 Å². The molecule has 0 aliphatic carbocycles. The molecule has 0 bridgehead atoms. The largest absolute Gasteiger partial charge is 0.393 e. The third kappa shape index (κ3) is 3.67. The van der Waals surface area contributed by atoms with Gasteiger partial charge in [-0.3, -0.25) is 0 Å². The van der Waals surface area contributed by atoms with Crippen LogP contribution in [0.3, 0.4) is 0 Å². The second-order valence-corrected chi connectivity index (χ2v) is 4.35. The Morgan fingerprint density at radius 3 is 2.27 bits per heavy atom. The Hall–Kier alpha value is -0.820. The van der Waals surface area contributed by atoms with Crippen LogP contribution in [0.15, 0.2) is 18.2 Å². The summed E-state index contributed by atoms with van der Waals surface area (Å²) in [5, 5.41) is 9.69. The molecule has 1 heteroatoms. The molecule has 0 heterocycles. The van der Waals surface area contributed by atoms with Gasteiger partial charge in [0.15, 0.2) is 0 Å². The molecule has 1 aromatic rings. The summed E-state index contributed by atoms with van der Waals surface area (Å²) < 4.78 is 0. The first kappa shape index (κ1) is 12.3. The van der Waals surface area contributed by atoms with Crippen molar-refractivity contribution in [3.05, 3.63) is 34.9 Å². The lowest BCUT2D eigenvalue weighted by Crippen LogP contribution is -2.08. The smallest absolute Gasteiger partial charge is 0.0543 e. The average molecular weight is 206 g/mol. The fourth-order valence-electron chi connectivity index (χ4n) is 2.03. The molecular weight excluding hydrogens is 184 g/mol. The van der Waals surface area contributed by atoms with Crippen molar-refractivity contribution in [2.24, 2.45) is 0 Å². The summed E-state index contributed by atoms with van der Waals surface area (Å²) in [4.78, 5) is 0. The van der Waals surface area contributed by atoms with E-state index < -0.39 is 0 Å². The van der Waals surface area contributed by atoms with E-state index in [-0.39, 0.29) is 6.10 Å². The van der Waals surface area contributed by atoms with Crippen molar-refractivity contribution < 1.29 is 5.11 Å². The van der Waals surface area contributed by atoms with Crippen LogP contribution in [-0.2, 0) is 6.42 Å². The molecule has 1 aromatic carbocycles. The molecule has 1 unspecified atom stereocenters. The van der Waals surface area contributed by atoms with Gasteiger partial charge in [0, 0.05) is 0 Å². The topological polar surface area (TPSA) is 20.2 Å². The number of aliphatic hydroxyl groups is 1. The van der Waals surface area contributed by atoms with Crippen molar-refractivity contribution in [3.63, 3.8) is 0 Å². The number of aliphatic hydroxyl groups excluding tert-OH is 1. The Morgan fingerprint density at radius 1 is 1.13 bits per heavy atom. The second-order valence-electron chi connectivity index (χ2n) is 4.35. The van der Waals surface area contributed by atoms with Crippen molar-refractivity contribution >= 4 is 0 Å². The van der Waals surface area contributed by atoms with Gasteiger partial charge < -0.3 is 5.11 Å². The third-order valence-corrected chi connectivity index (χ3v) is 2.99. The quantitative estimate of drug-likeness (QED) is 0.783. The molecule has 0 saturated carbocycles. The van der Waals surface area contributed by atoms with E-state index in [9.17, 15) is 5.11 Å². The van der Waals surface area contributed by atoms with Crippen LogP contribution in [0.25, 0.3) is 0 Å². The van der Waals surface area contributed by atoms with Gasteiger partial charge in [-0.1, -0.05) is 31.5 Å². The highest BCUT2D eigenvalue weighted by Gasteiger charge is 2.06. The monoisotopic (exact) mass is 206 g/mol. The van der Waals surface area contributed by atoms with Crippen molar-refractivity contribution in [1.29, 1.82) is 0 Å². The van der Waals surface area contributed by atoms with E-state index >= 15 is 0 Å². The molecule has 0 aliphatic rings. The highest BCUT2D eigenvalue weighted by molar-refractivity contribution is 5.33. The normalized spacial score (nSPS) is 12.8. The average Bonchev–Trinajstić information content (AvgIpc) is 2.17. The van der Waals surface area contributed by atoms with Gasteiger partial charge in [0.1, 0.15) is 0 Å². The molecule has 1 N–H and O–H groups in total. The van der Waals surface area contributed by atoms with Gasteiger partial charge in [-0.05, 0) is 49.8 Å². The predicted molar refractivity (Wildman–Crippen MR) is 65.2 cm³/mol. The lowest BCUT2D eigenvalue weighted by molar-refractivity contribution is 0.154. The highest BCUT2D eigenvalue weighted by atomic mass is 16.3. The molecule has 1 rings (SSSR count). The Bertz CT molecular complexity index is 284. The van der Waals surface area contributed by atoms with Crippen LogP contribution in [0.2, 0.25) is 0 Å². The Kier molecular flexibility index (Phi) is 4.83. The minimum atomic E-state index is -0.131. The van der Waals surface area contributed by atoms with Gasteiger partial charge in [-0.25, -0.2) is 0 Å². The van der Waals surface area contributed by atoms with Gasteiger partial charge in [0.2, 0.25) is 0 Å². The number of rotatable bonds is 5. The van der Waals surface area contributed by atoms with Crippen LogP contribution in [0.1, 0.15) is 42.9 Å². The Labute approximate surface area is 93.1 Å². The predicted octanol–water partition coefficient (Wildman–Crippen LogP) is 3.40. The van der Waals surface area contributed by atoms with Crippen molar-refractivity contribution in [2.45, 2.75) is 52.6 Å². The molecule has 0 saturated heterocycles. The van der Waals surface area contributed by atoms with Gasteiger partial charge in [0.25, 0.3) is 0 Å². The molecule has 0 fully saturated rings. The van der Waals surface area contributed by atoms with Gasteiger partial charge in [-0.15, -0.1) is 0 Å². The van der Waals surface area contributed by atoms with Gasteiger partial charge >= 0.3 is 0 Å². The van der Waals surface area contributed by atoms with E-state index in [1.165, 1.54) is 16.7 Å². The fraction of sp³-hybridized carbons (Fsp3) is 0.571. The Morgan fingerprint density at radius 2 is 1.73 bits per heavy atom. The standard InChI is InChI=1S/C14H22O/c1-4-6-13(15)9-10-14-11(2)7-5-8-12(14)3/h5,7-8,13,15H,4,6,9-10H2,1-3H3. The van der Waals surface area contributed by atoms with E-state index in [1.807, 2.05) is 0 Å². The first-order valence-electron chi connectivity index (χ1n) is 5.88. The van der Waals surface area contributed by atoms with Crippen molar-refractivity contribution in [2.75, 3.05) is 0 Å². The molecule has 0 aromatic heterocycles. The second kappa shape index (κ2) is 5.92. The first-order valence-corrected chi connectivity index (χ1v) is 5.88. The van der Waals surface area contributed by atoms with Gasteiger partial charge in [-0.2, -0.15) is 0 Å². The maximum Gasteiger partial charge on any atom is 0.0543 e. The summed E-state index contributed by atoms with van der Waals surface area (Å²) in [5.74, 6) is 0. The number of hydrogen-bond acceptors (Lipinski definition) is 1. The van der Waals surface area contributed by atoms with Gasteiger partial charge in [0.05, 0.1) is 6.10 Å². The third-order valence-electron chi connectivity index (χ3n) is 2.99. The zero-order valence-electron chi connectivity index (χ0n) is 10.1. The summed E-state index contributed by atoms with van der Waals surface area (Å²) in [5.41, 5.74) is 4.10. The van der Waals surface area contributed by atoms with Crippen LogP contribution in [-0.4, -0.2) is 11.2 Å². The molecule has 0 amide bonds. The number of benzene rings is 1. The van der Waals surface area contributed by atoms with Crippen LogP contribution in [0.4, 0.5) is 0 Å². The maximum atomic E-state index is 9.69. The molecule has 15 heavy (non-hydrogen) atoms. The van der Waals surface area contributed by atoms with E-state index in [4.69, 9.17) is 0 Å². The minimum Gasteiger partial charge on any atom is -0.393 e. The lowest BCUT2D eigenvalue weighted by Gasteiger charge is -2.12. The van der Waals surface area contributed by atoms with Crippen LogP contribution in [0.5, 0.6) is 0 Å². The lowest BCUT2D eigenvalue weighted by atomic mass is 9.96. The summed E-state index contributed by atoms with van der Waals surface area (Å²) in [6.07, 6.45) is 3.74. The fourth-order valence-corrected chi connectivity index (χ4v) is 2.03. The molecule has 0 radical (unpaired) electrons. The summed E-state index contributed by atoms with van der Waals surface area (Å²) in [7, 11) is 0. The summed E-state index contributed by atoms with van der Waals surface area (Å²) in [6.45, 7) is 6.41. The molecule has 84 valence electrons. The van der Waals surface area contributed by atoms with E-state index in [0.717, 1.165) is 25.7 Å². The molecule has 1 atom stereocenters. The van der Waals surface area contributed by atoms with Crippen molar-refractivity contribution in [1.82, 2.24) is 0 Å². The van der Waals surface area contributed by atoms with E-state index in [0.29, 0.717) is 0 Å². The van der Waals surface area contributed by atoms with Crippen LogP contribution in [0, 0.1) is 13.8 Å². The zero-order chi connectivity index (χ0) is 11.3. The first-order chi connectivity index (χ1) is 7.15. The van der Waals surface area contributed by atoms with E-state index in [1.54, 1.807) is 0 Å². The Balaban J connectivity index is 2.57. The zero-order valence-corrected chi connectivity index (χ0v) is 10.1. The number of hydrogen-bond donors (Lipinski definition) is 1. The molecule has 0 aliphatic heterocycles.